The highest BCUT2D eigenvalue weighted by molar-refractivity contribution is 14.1. The molecule has 2 rings (SSSR count). The highest BCUT2D eigenvalue weighted by Gasteiger charge is 2.20. The average Bonchev–Trinajstić information content (AvgIpc) is 2.39. The summed E-state index contributed by atoms with van der Waals surface area (Å²) in [5.74, 6) is 0.207. The molecule has 0 fully saturated rings. The zero-order chi connectivity index (χ0) is 11.5. The summed E-state index contributed by atoms with van der Waals surface area (Å²) < 4.78 is 8.05. The largest absolute Gasteiger partial charge is 0.294 e. The molecule has 1 heterocycles. The zero-order valence-corrected chi connectivity index (χ0v) is 12.8. The predicted molar refractivity (Wildman–Crippen MR) is 76.2 cm³/mol. The Labute approximate surface area is 121 Å². The van der Waals surface area contributed by atoms with Crippen molar-refractivity contribution in [3.05, 3.63) is 33.8 Å². The number of hydrogen-bond donors (Lipinski definition) is 0. The number of rotatable bonds is 2. The first-order valence-corrected chi connectivity index (χ1v) is 7.10. The van der Waals surface area contributed by atoms with E-state index in [1.165, 1.54) is 12.2 Å². The quantitative estimate of drug-likeness (QED) is 0.419. The molecule has 0 N–H and O–H groups in total. The monoisotopic (exact) mass is 413 g/mol. The summed E-state index contributed by atoms with van der Waals surface area (Å²) in [5, 5.41) is 0. The van der Waals surface area contributed by atoms with Gasteiger partial charge in [0.25, 0.3) is 0 Å². The third-order valence-electron chi connectivity index (χ3n) is 2.44. The van der Waals surface area contributed by atoms with Crippen molar-refractivity contribution in [1.82, 2.24) is 4.31 Å². The minimum Gasteiger partial charge on any atom is -0.294 e. The van der Waals surface area contributed by atoms with E-state index in [2.05, 4.69) is 15.9 Å². The lowest BCUT2D eigenvalue weighted by Gasteiger charge is -2.15. The third-order valence-corrected chi connectivity index (χ3v) is 3.99. The fourth-order valence-electron chi connectivity index (χ4n) is 1.70. The summed E-state index contributed by atoms with van der Waals surface area (Å²) in [6.45, 7) is 1.45. The molecule has 0 aliphatic carbocycles. The van der Waals surface area contributed by atoms with Gasteiger partial charge in [0, 0.05) is 29.5 Å². The lowest BCUT2D eigenvalue weighted by atomic mass is 10.0. The number of carbonyl (C=O) groups is 1. The van der Waals surface area contributed by atoms with E-state index in [4.69, 9.17) is 2.51 Å². The molecule has 0 saturated heterocycles. The highest BCUT2D eigenvalue weighted by Crippen LogP contribution is 2.27. The van der Waals surface area contributed by atoms with Gasteiger partial charge in [0.2, 0.25) is 0 Å². The average molecular weight is 414 g/mol. The summed E-state index contributed by atoms with van der Waals surface area (Å²) in [6.07, 6.45) is 0.543. The summed E-state index contributed by atoms with van der Waals surface area (Å²) in [6, 6.07) is 5.80. The molecule has 1 aromatic carbocycles. The molecule has 0 unspecified atom stereocenters. The van der Waals surface area contributed by atoms with E-state index >= 15 is 0 Å². The van der Waals surface area contributed by atoms with Gasteiger partial charge in [0.1, 0.15) is 23.0 Å². The van der Waals surface area contributed by atoms with Crippen LogP contribution in [0.5, 0.6) is 0 Å². The van der Waals surface area contributed by atoms with Crippen molar-refractivity contribution in [3.8, 4) is 0 Å². The summed E-state index contributed by atoms with van der Waals surface area (Å²) in [5.41, 5.74) is 1.89. The smallest absolute Gasteiger partial charge is 0.164 e. The van der Waals surface area contributed by atoms with E-state index in [-0.39, 0.29) is 5.78 Å². The molecule has 0 atom stereocenters. The molecule has 86 valence electrons. The topological polar surface area (TPSA) is 29.5 Å². The van der Waals surface area contributed by atoms with Crippen LogP contribution in [0.1, 0.15) is 22.3 Å². The number of fused-ring (bicyclic) bond motifs is 1. The van der Waals surface area contributed by atoms with E-state index in [9.17, 15) is 4.79 Å². The minimum absolute atomic E-state index is 0.207. The normalized spacial score (nSPS) is 17.0. The summed E-state index contributed by atoms with van der Waals surface area (Å²) in [7, 11) is 0. The van der Waals surface area contributed by atoms with Crippen molar-refractivity contribution in [2.75, 3.05) is 6.54 Å². The Bertz CT molecular complexity index is 416. The van der Waals surface area contributed by atoms with Crippen LogP contribution >= 0.6 is 51.2 Å². The first-order valence-electron chi connectivity index (χ1n) is 4.72. The lowest BCUT2D eigenvalue weighted by Crippen LogP contribution is -2.14. The van der Waals surface area contributed by atoms with Crippen molar-refractivity contribution >= 4 is 56.9 Å². The fourth-order valence-corrected chi connectivity index (χ4v) is 3.23. The molecule has 0 saturated carbocycles. The lowest BCUT2D eigenvalue weighted by molar-refractivity contribution is 0.0981. The van der Waals surface area contributed by atoms with Gasteiger partial charge in [-0.15, -0.1) is 0 Å². The predicted octanol–water partition coefficient (Wildman–Crippen LogP) is 3.77. The van der Waals surface area contributed by atoms with Gasteiger partial charge in [-0.2, -0.15) is 0 Å². The van der Waals surface area contributed by atoms with Crippen LogP contribution in [0.25, 0.3) is 0 Å². The standard InChI is InChI=1S/C10H9BrINO2S/c11-8-1-2-9-7(5-8)6-13(16-15-12)4-3-10(9)14/h1-2,5H,3-4,6H2. The van der Waals surface area contributed by atoms with Crippen molar-refractivity contribution in [2.24, 2.45) is 0 Å². The van der Waals surface area contributed by atoms with Crippen molar-refractivity contribution in [3.63, 3.8) is 0 Å². The van der Waals surface area contributed by atoms with Crippen molar-refractivity contribution in [2.45, 2.75) is 13.0 Å². The van der Waals surface area contributed by atoms with Crippen LogP contribution in [-0.4, -0.2) is 16.6 Å². The highest BCUT2D eigenvalue weighted by atomic mass is 127. The number of ketones is 1. The van der Waals surface area contributed by atoms with Crippen molar-refractivity contribution < 1.29 is 7.31 Å². The van der Waals surface area contributed by atoms with E-state index in [1.54, 1.807) is 0 Å². The maximum atomic E-state index is 11.9. The Morgan fingerprint density at radius 2 is 2.31 bits per heavy atom. The van der Waals surface area contributed by atoms with E-state index in [1.807, 2.05) is 45.5 Å². The fraction of sp³-hybridized carbons (Fsp3) is 0.300. The number of benzene rings is 1. The zero-order valence-electron chi connectivity index (χ0n) is 8.28. The molecule has 1 aliphatic heterocycles. The molecule has 6 heteroatoms. The second kappa shape index (κ2) is 5.81. The van der Waals surface area contributed by atoms with Gasteiger partial charge in [-0.05, 0) is 23.8 Å². The molecule has 0 amide bonds. The molecule has 1 aliphatic rings. The Morgan fingerprint density at radius 1 is 1.50 bits per heavy atom. The second-order valence-corrected chi connectivity index (χ2v) is 6.26. The first-order chi connectivity index (χ1) is 7.70. The van der Waals surface area contributed by atoms with Crippen LogP contribution in [-0.2, 0) is 9.06 Å². The number of hydrogen-bond acceptors (Lipinski definition) is 4. The Morgan fingerprint density at radius 3 is 3.06 bits per heavy atom. The van der Waals surface area contributed by atoms with Crippen LogP contribution < -0.4 is 0 Å². The second-order valence-electron chi connectivity index (χ2n) is 3.48. The van der Waals surface area contributed by atoms with Gasteiger partial charge >= 0.3 is 0 Å². The number of nitrogens with zero attached hydrogens (tertiary/aromatic N) is 1. The maximum Gasteiger partial charge on any atom is 0.164 e. The third kappa shape index (κ3) is 2.98. The molecule has 0 radical (unpaired) electrons. The van der Waals surface area contributed by atoms with E-state index in [0.29, 0.717) is 6.42 Å². The SMILES string of the molecule is O=C1CCN(SOI)Cc2cc(Br)ccc21. The molecule has 0 aromatic heterocycles. The summed E-state index contributed by atoms with van der Waals surface area (Å²) >= 11 is 6.56. The Balaban J connectivity index is 2.31. The Hall–Kier alpha value is 0.370. The van der Waals surface area contributed by atoms with E-state index in [0.717, 1.165) is 28.7 Å². The number of Topliss-reactive ketones (excluding diaryl/α,β-unsaturated/α-hetero) is 1. The van der Waals surface area contributed by atoms with Gasteiger partial charge in [-0.25, -0.2) is 6.82 Å². The van der Waals surface area contributed by atoms with Crippen LogP contribution in [0.2, 0.25) is 0 Å². The number of carbonyl (C=O) groups excluding carboxylic acids is 1. The first kappa shape index (κ1) is 12.8. The molecule has 16 heavy (non-hydrogen) atoms. The van der Waals surface area contributed by atoms with E-state index < -0.39 is 0 Å². The number of halogens is 2. The van der Waals surface area contributed by atoms with Gasteiger partial charge in [-0.3, -0.25) is 4.79 Å². The molecule has 1 aromatic rings. The molecule has 0 bridgehead atoms. The molecule has 0 spiro atoms. The van der Waals surface area contributed by atoms with Crippen LogP contribution in [0.4, 0.5) is 0 Å². The molecular weight excluding hydrogens is 405 g/mol. The molecule has 3 nitrogen and oxygen atoms in total. The Kier molecular flexibility index (Phi) is 4.66. The van der Waals surface area contributed by atoms with Gasteiger partial charge in [-0.1, -0.05) is 15.9 Å². The molecular formula is C10H9BrINO2S. The van der Waals surface area contributed by atoms with Crippen molar-refractivity contribution in [1.29, 1.82) is 0 Å². The van der Waals surface area contributed by atoms with Crippen LogP contribution in [0, 0.1) is 0 Å². The minimum atomic E-state index is 0.207. The van der Waals surface area contributed by atoms with Crippen LogP contribution in [0.15, 0.2) is 22.7 Å². The van der Waals surface area contributed by atoms with Gasteiger partial charge in [0.05, 0.1) is 12.2 Å². The van der Waals surface area contributed by atoms with Gasteiger partial charge < -0.3 is 0 Å². The van der Waals surface area contributed by atoms with Crippen LogP contribution in [0.3, 0.4) is 0 Å². The van der Waals surface area contributed by atoms with Gasteiger partial charge in [0.15, 0.2) is 5.78 Å². The summed E-state index contributed by atoms with van der Waals surface area (Å²) in [4.78, 5) is 11.9. The maximum absolute atomic E-state index is 11.9.